The molecule has 0 N–H and O–H groups in total. The molecular weight excluding hydrogens is 204 g/mol. The van der Waals surface area contributed by atoms with Gasteiger partial charge in [-0.2, -0.15) is 0 Å². The van der Waals surface area contributed by atoms with Gasteiger partial charge in [-0.3, -0.25) is 9.00 Å². The van der Waals surface area contributed by atoms with E-state index in [0.29, 0.717) is 11.3 Å². The van der Waals surface area contributed by atoms with Crippen molar-refractivity contribution in [1.82, 2.24) is 0 Å². The number of hydrogen-bond donors (Lipinski definition) is 0. The summed E-state index contributed by atoms with van der Waals surface area (Å²) in [6, 6.07) is 6.33. The molecule has 5 heteroatoms. The zero-order valence-electron chi connectivity index (χ0n) is 7.56. The SMILES string of the molecule is CC(=O)Oc1ccc(CS(=O)[O-])cc1. The van der Waals surface area contributed by atoms with Crippen LogP contribution >= 0.6 is 0 Å². The van der Waals surface area contributed by atoms with Crippen LogP contribution < -0.4 is 4.74 Å². The lowest BCUT2D eigenvalue weighted by Crippen LogP contribution is -2.01. The van der Waals surface area contributed by atoms with Crippen molar-refractivity contribution in [2.45, 2.75) is 12.7 Å². The molecule has 0 spiro atoms. The molecule has 14 heavy (non-hydrogen) atoms. The molecule has 1 unspecified atom stereocenters. The summed E-state index contributed by atoms with van der Waals surface area (Å²) in [5.41, 5.74) is 0.661. The van der Waals surface area contributed by atoms with Gasteiger partial charge < -0.3 is 9.29 Å². The third-order valence-corrected chi connectivity index (χ3v) is 2.04. The molecule has 0 aliphatic carbocycles. The van der Waals surface area contributed by atoms with Gasteiger partial charge in [0.05, 0.1) is 0 Å². The van der Waals surface area contributed by atoms with Gasteiger partial charge in [-0.05, 0) is 17.7 Å². The summed E-state index contributed by atoms with van der Waals surface area (Å²) in [4.78, 5) is 10.6. The molecule has 0 heterocycles. The van der Waals surface area contributed by atoms with Crippen LogP contribution in [0.3, 0.4) is 0 Å². The molecule has 1 aromatic rings. The van der Waals surface area contributed by atoms with E-state index < -0.39 is 17.0 Å². The van der Waals surface area contributed by atoms with Gasteiger partial charge in [0.25, 0.3) is 0 Å². The number of esters is 1. The van der Waals surface area contributed by atoms with Gasteiger partial charge in [0, 0.05) is 12.7 Å². The van der Waals surface area contributed by atoms with Crippen molar-refractivity contribution in [3.05, 3.63) is 29.8 Å². The lowest BCUT2D eigenvalue weighted by Gasteiger charge is -2.05. The van der Waals surface area contributed by atoms with Gasteiger partial charge in [-0.25, -0.2) is 0 Å². The van der Waals surface area contributed by atoms with E-state index in [1.54, 1.807) is 24.3 Å². The average molecular weight is 213 g/mol. The van der Waals surface area contributed by atoms with Crippen molar-refractivity contribution in [3.63, 3.8) is 0 Å². The summed E-state index contributed by atoms with van der Waals surface area (Å²) in [6.07, 6.45) is 0. The van der Waals surface area contributed by atoms with Crippen molar-refractivity contribution in [2.75, 3.05) is 0 Å². The Morgan fingerprint density at radius 2 is 2.00 bits per heavy atom. The molecule has 0 bridgehead atoms. The van der Waals surface area contributed by atoms with Crippen molar-refractivity contribution in [1.29, 1.82) is 0 Å². The molecule has 4 nitrogen and oxygen atoms in total. The van der Waals surface area contributed by atoms with Crippen LogP contribution in [0.1, 0.15) is 12.5 Å². The molecule has 1 atom stereocenters. The minimum absolute atomic E-state index is 0.0274. The number of benzene rings is 1. The van der Waals surface area contributed by atoms with E-state index in [2.05, 4.69) is 0 Å². The Bertz CT molecular complexity index is 309. The first-order valence-electron chi connectivity index (χ1n) is 3.91. The van der Waals surface area contributed by atoms with Gasteiger partial charge in [0.2, 0.25) is 0 Å². The van der Waals surface area contributed by atoms with E-state index in [1.165, 1.54) is 6.92 Å². The van der Waals surface area contributed by atoms with Crippen LogP contribution in [0.4, 0.5) is 0 Å². The second-order valence-corrected chi connectivity index (χ2v) is 3.58. The summed E-state index contributed by atoms with van der Waals surface area (Å²) in [5, 5.41) is 0. The van der Waals surface area contributed by atoms with Gasteiger partial charge in [-0.1, -0.05) is 23.2 Å². The number of carbonyl (C=O) groups is 1. The zero-order valence-corrected chi connectivity index (χ0v) is 8.37. The van der Waals surface area contributed by atoms with Crippen molar-refractivity contribution >= 4 is 17.0 Å². The van der Waals surface area contributed by atoms with Crippen LogP contribution in [0.2, 0.25) is 0 Å². The van der Waals surface area contributed by atoms with Gasteiger partial charge in [0.1, 0.15) is 5.75 Å². The molecule has 0 aliphatic heterocycles. The maximum atomic E-state index is 10.6. The van der Waals surface area contributed by atoms with Crippen LogP contribution in [0, 0.1) is 0 Å². The van der Waals surface area contributed by atoms with Crippen LogP contribution in [-0.4, -0.2) is 14.7 Å². The van der Waals surface area contributed by atoms with E-state index in [4.69, 9.17) is 4.74 Å². The van der Waals surface area contributed by atoms with Crippen molar-refractivity contribution < 1.29 is 18.3 Å². The maximum Gasteiger partial charge on any atom is 0.308 e. The number of hydrogen-bond acceptors (Lipinski definition) is 4. The Morgan fingerprint density at radius 3 is 2.43 bits per heavy atom. The molecule has 1 aromatic carbocycles. The second kappa shape index (κ2) is 4.88. The fourth-order valence-electron chi connectivity index (χ4n) is 0.956. The first kappa shape index (κ1) is 10.9. The fourth-order valence-corrected chi connectivity index (χ4v) is 1.42. The van der Waals surface area contributed by atoms with Gasteiger partial charge in [0.15, 0.2) is 0 Å². The van der Waals surface area contributed by atoms with Crippen molar-refractivity contribution in [3.8, 4) is 5.75 Å². The highest BCUT2D eigenvalue weighted by atomic mass is 32.2. The Hall–Kier alpha value is -1.20. The van der Waals surface area contributed by atoms with Crippen LogP contribution in [0.15, 0.2) is 24.3 Å². The van der Waals surface area contributed by atoms with E-state index >= 15 is 0 Å². The van der Waals surface area contributed by atoms with Gasteiger partial charge in [-0.15, -0.1) is 0 Å². The summed E-state index contributed by atoms with van der Waals surface area (Å²) in [7, 11) is 0. The Morgan fingerprint density at radius 1 is 1.43 bits per heavy atom. The largest absolute Gasteiger partial charge is 0.772 e. The standard InChI is InChI=1S/C9H10O4S/c1-7(10)13-9-4-2-8(3-5-9)6-14(11)12/h2-5H,6H2,1H3,(H,11,12)/p-1. The number of carbonyl (C=O) groups excluding carboxylic acids is 1. The summed E-state index contributed by atoms with van der Waals surface area (Å²) in [6.45, 7) is 1.31. The summed E-state index contributed by atoms with van der Waals surface area (Å²) in [5.74, 6) is -0.0107. The monoisotopic (exact) mass is 213 g/mol. The minimum Gasteiger partial charge on any atom is -0.772 e. The van der Waals surface area contributed by atoms with Crippen LogP contribution in [0.5, 0.6) is 5.75 Å². The second-order valence-electron chi connectivity index (χ2n) is 2.69. The summed E-state index contributed by atoms with van der Waals surface area (Å²) < 4.78 is 25.5. The first-order chi connectivity index (χ1) is 6.58. The predicted molar refractivity (Wildman–Crippen MR) is 50.4 cm³/mol. The first-order valence-corrected chi connectivity index (χ1v) is 5.15. The molecule has 0 amide bonds. The average Bonchev–Trinajstić information content (AvgIpc) is 2.06. The normalized spacial score (nSPS) is 12.1. The fraction of sp³-hybridized carbons (Fsp3) is 0.222. The molecule has 1 rings (SSSR count). The third kappa shape index (κ3) is 3.68. The Kier molecular flexibility index (Phi) is 3.79. The smallest absolute Gasteiger partial charge is 0.308 e. The van der Waals surface area contributed by atoms with Crippen LogP contribution in [-0.2, 0) is 21.6 Å². The molecule has 76 valence electrons. The topological polar surface area (TPSA) is 66.4 Å². The zero-order chi connectivity index (χ0) is 10.6. The predicted octanol–water partition coefficient (Wildman–Crippen LogP) is 0.991. The lowest BCUT2D eigenvalue weighted by atomic mass is 10.2. The number of rotatable bonds is 3. The Balaban J connectivity index is 2.68. The summed E-state index contributed by atoms with van der Waals surface area (Å²) >= 11 is -2.09. The quantitative estimate of drug-likeness (QED) is 0.426. The lowest BCUT2D eigenvalue weighted by molar-refractivity contribution is -0.131. The maximum absolute atomic E-state index is 10.6. The van der Waals surface area contributed by atoms with Crippen molar-refractivity contribution in [2.24, 2.45) is 0 Å². The van der Waals surface area contributed by atoms with E-state index in [1.807, 2.05) is 0 Å². The molecule has 0 aromatic heterocycles. The van der Waals surface area contributed by atoms with Crippen LogP contribution in [0.25, 0.3) is 0 Å². The minimum atomic E-state index is -2.09. The highest BCUT2D eigenvalue weighted by Gasteiger charge is 1.98. The Labute approximate surface area is 84.2 Å². The molecular formula is C9H9O4S-. The molecule has 0 fully saturated rings. The highest BCUT2D eigenvalue weighted by molar-refractivity contribution is 7.78. The van der Waals surface area contributed by atoms with E-state index in [-0.39, 0.29) is 5.75 Å². The molecule has 0 aliphatic rings. The van der Waals surface area contributed by atoms with E-state index in [9.17, 15) is 13.6 Å². The van der Waals surface area contributed by atoms with E-state index in [0.717, 1.165) is 0 Å². The molecule has 0 radical (unpaired) electrons. The number of ether oxygens (including phenoxy) is 1. The third-order valence-electron chi connectivity index (χ3n) is 1.47. The van der Waals surface area contributed by atoms with Gasteiger partial charge >= 0.3 is 5.97 Å². The molecule has 0 saturated carbocycles. The highest BCUT2D eigenvalue weighted by Crippen LogP contribution is 2.13. The molecule has 0 saturated heterocycles.